The van der Waals surface area contributed by atoms with Crippen LogP contribution in [0, 0.1) is 11.8 Å². The third-order valence-electron chi connectivity index (χ3n) is 3.21. The molecule has 0 aromatic carbocycles. The molecule has 5 heteroatoms. The molecule has 1 heterocycles. The molecule has 2 aliphatic rings. The number of hydrogen-bond donors (Lipinski definition) is 2. The molecule has 76 valence electrons. The van der Waals surface area contributed by atoms with Crippen LogP contribution in [0.15, 0.2) is 0 Å². The van der Waals surface area contributed by atoms with Crippen LogP contribution >= 0.6 is 0 Å². The Morgan fingerprint density at radius 1 is 1.15 bits per heavy atom. The summed E-state index contributed by atoms with van der Waals surface area (Å²) < 4.78 is 37.1. The van der Waals surface area contributed by atoms with Crippen LogP contribution in [-0.2, 0) is 0 Å². The molecule has 1 aliphatic heterocycles. The van der Waals surface area contributed by atoms with Crippen LogP contribution in [0.3, 0.4) is 0 Å². The molecule has 2 rings (SSSR count). The van der Waals surface area contributed by atoms with Gasteiger partial charge >= 0.3 is 6.18 Å². The first kappa shape index (κ1) is 9.27. The third kappa shape index (κ3) is 1.34. The lowest BCUT2D eigenvalue weighted by atomic mass is 10.00. The van der Waals surface area contributed by atoms with Crippen LogP contribution in [-0.4, -0.2) is 30.0 Å². The Bertz CT molecular complexity index is 204. The van der Waals surface area contributed by atoms with Crippen molar-refractivity contribution in [2.75, 3.05) is 13.1 Å². The summed E-state index contributed by atoms with van der Waals surface area (Å²) in [6, 6.07) is 0. The van der Waals surface area contributed by atoms with Gasteiger partial charge in [0.1, 0.15) is 0 Å². The molecule has 2 nitrogen and oxygen atoms in total. The fourth-order valence-electron chi connectivity index (χ4n) is 2.45. The van der Waals surface area contributed by atoms with Gasteiger partial charge in [-0.15, -0.1) is 0 Å². The first-order valence-electron chi connectivity index (χ1n) is 4.42. The quantitative estimate of drug-likeness (QED) is 0.602. The van der Waals surface area contributed by atoms with Crippen LogP contribution in [0.25, 0.3) is 0 Å². The summed E-state index contributed by atoms with van der Waals surface area (Å²) in [7, 11) is 0. The Labute approximate surface area is 74.1 Å². The molecule has 0 radical (unpaired) electrons. The molecule has 13 heavy (non-hydrogen) atoms. The first-order valence-corrected chi connectivity index (χ1v) is 4.42. The van der Waals surface area contributed by atoms with Crippen molar-refractivity contribution in [3.05, 3.63) is 0 Å². The summed E-state index contributed by atoms with van der Waals surface area (Å²) in [4.78, 5) is 0. The van der Waals surface area contributed by atoms with E-state index in [1.807, 2.05) is 0 Å². The van der Waals surface area contributed by atoms with Gasteiger partial charge in [0.15, 0.2) is 5.60 Å². The second-order valence-corrected chi connectivity index (χ2v) is 4.12. The van der Waals surface area contributed by atoms with E-state index in [4.69, 9.17) is 0 Å². The zero-order chi connectivity index (χ0) is 9.69. The van der Waals surface area contributed by atoms with Crippen LogP contribution < -0.4 is 5.32 Å². The van der Waals surface area contributed by atoms with Gasteiger partial charge in [-0.3, -0.25) is 0 Å². The summed E-state index contributed by atoms with van der Waals surface area (Å²) in [6.07, 6.45) is -4.72. The van der Waals surface area contributed by atoms with Crippen molar-refractivity contribution in [3.8, 4) is 0 Å². The number of rotatable bonds is 0. The maximum Gasteiger partial charge on any atom is 0.417 e. The van der Waals surface area contributed by atoms with Gasteiger partial charge in [0.25, 0.3) is 0 Å². The van der Waals surface area contributed by atoms with Crippen molar-refractivity contribution in [2.24, 2.45) is 11.8 Å². The van der Waals surface area contributed by atoms with Gasteiger partial charge in [-0.05, 0) is 37.8 Å². The Balaban J connectivity index is 2.13. The van der Waals surface area contributed by atoms with E-state index in [1.165, 1.54) is 0 Å². The van der Waals surface area contributed by atoms with Crippen molar-refractivity contribution in [2.45, 2.75) is 24.6 Å². The highest BCUT2D eigenvalue weighted by Crippen LogP contribution is 2.49. The molecule has 1 aliphatic carbocycles. The SMILES string of the molecule is OC1(C(F)(F)F)CC2CNCC2C1. The van der Waals surface area contributed by atoms with E-state index in [0.29, 0.717) is 13.1 Å². The Kier molecular flexibility index (Phi) is 1.86. The van der Waals surface area contributed by atoms with Gasteiger partial charge in [0.05, 0.1) is 0 Å². The minimum absolute atomic E-state index is 0.00613. The maximum atomic E-state index is 12.4. The summed E-state index contributed by atoms with van der Waals surface area (Å²) >= 11 is 0. The topological polar surface area (TPSA) is 32.3 Å². The normalized spacial score (nSPS) is 45.2. The lowest BCUT2D eigenvalue weighted by molar-refractivity contribution is -0.259. The van der Waals surface area contributed by atoms with Gasteiger partial charge in [-0.2, -0.15) is 13.2 Å². The van der Waals surface area contributed by atoms with E-state index < -0.39 is 11.8 Å². The molecule has 1 saturated carbocycles. The highest BCUT2D eigenvalue weighted by Gasteiger charge is 2.60. The van der Waals surface area contributed by atoms with E-state index in [9.17, 15) is 18.3 Å². The fourth-order valence-corrected chi connectivity index (χ4v) is 2.45. The molecule has 0 amide bonds. The van der Waals surface area contributed by atoms with E-state index in [2.05, 4.69) is 5.32 Å². The van der Waals surface area contributed by atoms with Crippen molar-refractivity contribution in [1.82, 2.24) is 5.32 Å². The Hall–Kier alpha value is -0.290. The summed E-state index contributed by atoms with van der Waals surface area (Å²) in [6.45, 7) is 1.23. The molecule has 2 atom stereocenters. The second-order valence-electron chi connectivity index (χ2n) is 4.12. The van der Waals surface area contributed by atoms with Crippen molar-refractivity contribution < 1.29 is 18.3 Å². The molecule has 0 bridgehead atoms. The molecule has 0 spiro atoms. The highest BCUT2D eigenvalue weighted by atomic mass is 19.4. The predicted molar refractivity (Wildman–Crippen MR) is 40.1 cm³/mol. The minimum Gasteiger partial charge on any atom is -0.380 e. The Morgan fingerprint density at radius 2 is 1.62 bits per heavy atom. The molecule has 2 unspecified atom stereocenters. The van der Waals surface area contributed by atoms with Gasteiger partial charge < -0.3 is 10.4 Å². The number of fused-ring (bicyclic) bond motifs is 1. The maximum absolute atomic E-state index is 12.4. The molecule has 0 aromatic rings. The number of aliphatic hydroxyl groups is 1. The molecular formula is C8H12F3NO. The summed E-state index contributed by atoms with van der Waals surface area (Å²) in [5, 5.41) is 12.4. The van der Waals surface area contributed by atoms with Gasteiger partial charge in [0, 0.05) is 0 Å². The van der Waals surface area contributed by atoms with Crippen molar-refractivity contribution >= 4 is 0 Å². The highest BCUT2D eigenvalue weighted by molar-refractivity contribution is 5.02. The van der Waals surface area contributed by atoms with Crippen LogP contribution in [0.2, 0.25) is 0 Å². The second kappa shape index (κ2) is 2.60. The van der Waals surface area contributed by atoms with Crippen LogP contribution in [0.5, 0.6) is 0 Å². The van der Waals surface area contributed by atoms with Crippen LogP contribution in [0.4, 0.5) is 13.2 Å². The molecule has 2 fully saturated rings. The molecule has 0 aromatic heterocycles. The predicted octanol–water partition coefficient (Wildman–Crippen LogP) is 0.909. The number of halogens is 3. The average molecular weight is 195 g/mol. The lowest BCUT2D eigenvalue weighted by Gasteiger charge is -2.26. The van der Waals surface area contributed by atoms with Crippen molar-refractivity contribution in [3.63, 3.8) is 0 Å². The zero-order valence-electron chi connectivity index (χ0n) is 7.06. The first-order chi connectivity index (χ1) is 5.92. The molecule has 1 saturated heterocycles. The van der Waals surface area contributed by atoms with E-state index in [0.717, 1.165) is 0 Å². The average Bonchev–Trinajstić information content (AvgIpc) is 2.42. The fraction of sp³-hybridized carbons (Fsp3) is 1.00. The monoisotopic (exact) mass is 195 g/mol. The van der Waals surface area contributed by atoms with Crippen LogP contribution in [0.1, 0.15) is 12.8 Å². The molecular weight excluding hydrogens is 183 g/mol. The Morgan fingerprint density at radius 3 is 2.00 bits per heavy atom. The smallest absolute Gasteiger partial charge is 0.380 e. The zero-order valence-corrected chi connectivity index (χ0v) is 7.06. The van der Waals surface area contributed by atoms with Crippen molar-refractivity contribution in [1.29, 1.82) is 0 Å². The van der Waals surface area contributed by atoms with E-state index >= 15 is 0 Å². The number of hydrogen-bond acceptors (Lipinski definition) is 2. The largest absolute Gasteiger partial charge is 0.417 e. The van der Waals surface area contributed by atoms with E-state index in [-0.39, 0.29) is 24.7 Å². The lowest BCUT2D eigenvalue weighted by Crippen LogP contribution is -2.43. The number of alkyl halides is 3. The minimum atomic E-state index is -4.46. The molecule has 2 N–H and O–H groups in total. The van der Waals surface area contributed by atoms with Gasteiger partial charge in [-0.1, -0.05) is 0 Å². The van der Waals surface area contributed by atoms with E-state index in [1.54, 1.807) is 0 Å². The number of nitrogens with one attached hydrogen (secondary N) is 1. The standard InChI is InChI=1S/C8H12F3NO/c9-8(10,11)7(13)1-5-3-12-4-6(5)2-7/h5-6,12-13H,1-4H2. The van der Waals surface area contributed by atoms with Gasteiger partial charge in [0.2, 0.25) is 0 Å². The third-order valence-corrected chi connectivity index (χ3v) is 3.21. The van der Waals surface area contributed by atoms with Gasteiger partial charge in [-0.25, -0.2) is 0 Å². The summed E-state index contributed by atoms with van der Waals surface area (Å²) in [5.74, 6) is 0.0123. The summed E-state index contributed by atoms with van der Waals surface area (Å²) in [5.41, 5.74) is -2.41.